The summed E-state index contributed by atoms with van der Waals surface area (Å²) < 4.78 is 15.8. The smallest absolute Gasteiger partial charge is 0.408 e. The Balaban J connectivity index is 0.000000439. The van der Waals surface area contributed by atoms with Gasteiger partial charge in [0, 0.05) is 13.1 Å². The molecule has 0 fully saturated rings. The van der Waals surface area contributed by atoms with E-state index in [-0.39, 0.29) is 25.3 Å². The van der Waals surface area contributed by atoms with E-state index >= 15 is 0 Å². The maximum atomic E-state index is 12.2. The lowest BCUT2D eigenvalue weighted by Gasteiger charge is -2.26. The summed E-state index contributed by atoms with van der Waals surface area (Å²) in [5.74, 6) is 1.28. The zero-order valence-electron chi connectivity index (χ0n) is 19.8. The molecular weight excluding hydrogens is 408 g/mol. The number of alkyl carbamates (subject to hydrolysis) is 1. The molecule has 7 nitrogen and oxygen atoms in total. The predicted octanol–water partition coefficient (Wildman–Crippen LogP) is 4.32. The summed E-state index contributed by atoms with van der Waals surface area (Å²) in [6.07, 6.45) is 0.0726. The van der Waals surface area contributed by atoms with Crippen molar-refractivity contribution in [1.82, 2.24) is 10.2 Å². The van der Waals surface area contributed by atoms with Crippen LogP contribution in [0.5, 0.6) is 11.5 Å². The van der Waals surface area contributed by atoms with Crippen LogP contribution >= 0.6 is 0 Å². The molecular formula is C25H34N2O5. The van der Waals surface area contributed by atoms with Crippen LogP contribution < -0.4 is 14.8 Å². The molecule has 0 saturated carbocycles. The van der Waals surface area contributed by atoms with E-state index in [1.807, 2.05) is 43.3 Å². The SMILES string of the molecule is CC(Cc1ccc2c(c1)OCO2)N(C)C(=O)CNC(=O)OC(C)(C)C.Cc1ccccc1. The molecule has 0 saturated heterocycles. The highest BCUT2D eigenvalue weighted by atomic mass is 16.7. The lowest BCUT2D eigenvalue weighted by atomic mass is 10.1. The maximum absolute atomic E-state index is 12.2. The van der Waals surface area contributed by atoms with Crippen LogP contribution in [0, 0.1) is 6.92 Å². The van der Waals surface area contributed by atoms with Crippen molar-refractivity contribution in [2.45, 2.75) is 52.7 Å². The first-order chi connectivity index (χ1) is 15.0. The average Bonchev–Trinajstić information content (AvgIpc) is 3.19. The van der Waals surface area contributed by atoms with Crippen molar-refractivity contribution in [3.8, 4) is 11.5 Å². The number of likely N-dealkylation sites (N-methyl/N-ethyl adjacent to an activating group) is 1. The van der Waals surface area contributed by atoms with Gasteiger partial charge < -0.3 is 24.4 Å². The van der Waals surface area contributed by atoms with Gasteiger partial charge in [-0.05, 0) is 58.7 Å². The fraction of sp³-hybridized carbons (Fsp3) is 0.440. The molecule has 3 rings (SSSR count). The van der Waals surface area contributed by atoms with Gasteiger partial charge in [-0.25, -0.2) is 4.79 Å². The highest BCUT2D eigenvalue weighted by Gasteiger charge is 2.21. The summed E-state index contributed by atoms with van der Waals surface area (Å²) in [7, 11) is 1.72. The number of rotatable bonds is 5. The first kappa shape index (κ1) is 25.0. The van der Waals surface area contributed by atoms with Crippen molar-refractivity contribution in [1.29, 1.82) is 0 Å². The maximum Gasteiger partial charge on any atom is 0.408 e. The standard InChI is InChI=1S/C18H26N2O5.C7H8/c1-12(8-13-6-7-14-15(9-13)24-11-23-14)20(5)16(21)10-19-17(22)25-18(2,3)4;1-7-5-3-2-4-6-7/h6-7,9,12H,8,10-11H2,1-5H3,(H,19,22);2-6H,1H3. The fourth-order valence-corrected chi connectivity index (χ4v) is 2.91. The summed E-state index contributed by atoms with van der Waals surface area (Å²) in [5.41, 5.74) is 1.78. The molecule has 32 heavy (non-hydrogen) atoms. The van der Waals surface area contributed by atoms with Crippen LogP contribution in [-0.2, 0) is 16.0 Å². The largest absolute Gasteiger partial charge is 0.454 e. The Bertz CT molecular complexity index is 893. The van der Waals surface area contributed by atoms with Crippen molar-refractivity contribution < 1.29 is 23.8 Å². The molecule has 174 valence electrons. The highest BCUT2D eigenvalue weighted by Crippen LogP contribution is 2.32. The lowest BCUT2D eigenvalue weighted by molar-refractivity contribution is -0.130. The molecule has 0 radical (unpaired) electrons. The zero-order valence-corrected chi connectivity index (χ0v) is 19.8. The number of hydrogen-bond donors (Lipinski definition) is 1. The molecule has 1 aliphatic heterocycles. The van der Waals surface area contributed by atoms with Crippen LogP contribution in [0.2, 0.25) is 0 Å². The lowest BCUT2D eigenvalue weighted by Crippen LogP contribution is -2.44. The van der Waals surface area contributed by atoms with Crippen molar-refractivity contribution in [2.75, 3.05) is 20.4 Å². The third-order valence-corrected chi connectivity index (χ3v) is 4.75. The van der Waals surface area contributed by atoms with E-state index in [0.717, 1.165) is 17.1 Å². The van der Waals surface area contributed by atoms with Crippen molar-refractivity contribution in [3.63, 3.8) is 0 Å². The topological polar surface area (TPSA) is 77.1 Å². The molecule has 2 aromatic carbocycles. The Morgan fingerprint density at radius 3 is 2.34 bits per heavy atom. The van der Waals surface area contributed by atoms with Gasteiger partial charge in [-0.3, -0.25) is 4.79 Å². The third-order valence-electron chi connectivity index (χ3n) is 4.75. The van der Waals surface area contributed by atoms with Crippen molar-refractivity contribution >= 4 is 12.0 Å². The molecule has 1 unspecified atom stereocenters. The van der Waals surface area contributed by atoms with Gasteiger partial charge in [0.25, 0.3) is 0 Å². The molecule has 1 N–H and O–H groups in total. The van der Waals surface area contributed by atoms with E-state index in [4.69, 9.17) is 14.2 Å². The van der Waals surface area contributed by atoms with E-state index in [1.54, 1.807) is 32.7 Å². The molecule has 0 aliphatic carbocycles. The van der Waals surface area contributed by atoms with Gasteiger partial charge in [0.05, 0.1) is 0 Å². The Kier molecular flexibility index (Phi) is 8.93. The number of carbonyl (C=O) groups is 2. The fourth-order valence-electron chi connectivity index (χ4n) is 2.91. The summed E-state index contributed by atoms with van der Waals surface area (Å²) in [6, 6.07) is 16.0. The van der Waals surface area contributed by atoms with E-state index in [2.05, 4.69) is 24.4 Å². The first-order valence-corrected chi connectivity index (χ1v) is 10.7. The Hall–Kier alpha value is -3.22. The number of hydrogen-bond acceptors (Lipinski definition) is 5. The van der Waals surface area contributed by atoms with Gasteiger partial charge in [0.1, 0.15) is 12.1 Å². The van der Waals surface area contributed by atoms with E-state index in [0.29, 0.717) is 6.42 Å². The number of carbonyl (C=O) groups excluding carboxylic acids is 2. The minimum absolute atomic E-state index is 0.0340. The van der Waals surface area contributed by atoms with E-state index in [1.165, 1.54) is 5.56 Å². The molecule has 2 aromatic rings. The number of amides is 2. The summed E-state index contributed by atoms with van der Waals surface area (Å²) >= 11 is 0. The monoisotopic (exact) mass is 442 g/mol. The molecule has 1 heterocycles. The van der Waals surface area contributed by atoms with Crippen molar-refractivity contribution in [3.05, 3.63) is 59.7 Å². The first-order valence-electron chi connectivity index (χ1n) is 10.7. The van der Waals surface area contributed by atoms with Crippen LogP contribution in [0.1, 0.15) is 38.8 Å². The predicted molar refractivity (Wildman–Crippen MR) is 124 cm³/mol. The summed E-state index contributed by atoms with van der Waals surface area (Å²) in [4.78, 5) is 25.5. The summed E-state index contributed by atoms with van der Waals surface area (Å²) in [6.45, 7) is 9.49. The van der Waals surface area contributed by atoms with Crippen LogP contribution in [0.3, 0.4) is 0 Å². The van der Waals surface area contributed by atoms with Gasteiger partial charge in [0.15, 0.2) is 11.5 Å². The van der Waals surface area contributed by atoms with E-state index in [9.17, 15) is 9.59 Å². The minimum Gasteiger partial charge on any atom is -0.454 e. The molecule has 0 aromatic heterocycles. The molecule has 1 atom stereocenters. The van der Waals surface area contributed by atoms with Gasteiger partial charge in [-0.1, -0.05) is 42.0 Å². The van der Waals surface area contributed by atoms with Crippen LogP contribution in [0.4, 0.5) is 4.79 Å². The number of nitrogens with zero attached hydrogens (tertiary/aromatic N) is 1. The molecule has 0 spiro atoms. The van der Waals surface area contributed by atoms with Crippen LogP contribution in [-0.4, -0.2) is 48.9 Å². The van der Waals surface area contributed by atoms with Gasteiger partial charge in [-0.2, -0.15) is 0 Å². The number of fused-ring (bicyclic) bond motifs is 1. The Labute approximate surface area is 190 Å². The van der Waals surface area contributed by atoms with E-state index < -0.39 is 11.7 Å². The normalized spacial score (nSPS) is 12.8. The molecule has 0 bridgehead atoms. The second-order valence-electron chi connectivity index (χ2n) is 8.76. The number of aryl methyl sites for hydroxylation is 1. The van der Waals surface area contributed by atoms with Crippen molar-refractivity contribution in [2.24, 2.45) is 0 Å². The quantitative estimate of drug-likeness (QED) is 0.746. The van der Waals surface area contributed by atoms with Gasteiger partial charge >= 0.3 is 6.09 Å². The van der Waals surface area contributed by atoms with Crippen LogP contribution in [0.25, 0.3) is 0 Å². The zero-order chi connectivity index (χ0) is 23.7. The third kappa shape index (κ3) is 8.49. The number of benzene rings is 2. The molecule has 2 amide bonds. The highest BCUT2D eigenvalue weighted by molar-refractivity contribution is 5.82. The average molecular weight is 443 g/mol. The van der Waals surface area contributed by atoms with Gasteiger partial charge in [0.2, 0.25) is 12.7 Å². The summed E-state index contributed by atoms with van der Waals surface area (Å²) in [5, 5.41) is 2.48. The van der Waals surface area contributed by atoms with Gasteiger partial charge in [-0.15, -0.1) is 0 Å². The Morgan fingerprint density at radius 1 is 1.09 bits per heavy atom. The number of ether oxygens (including phenoxy) is 3. The second-order valence-corrected chi connectivity index (χ2v) is 8.76. The van der Waals surface area contributed by atoms with Crippen LogP contribution in [0.15, 0.2) is 48.5 Å². The number of nitrogens with one attached hydrogen (secondary N) is 1. The second kappa shape index (κ2) is 11.4. The molecule has 1 aliphatic rings. The minimum atomic E-state index is -0.599. The molecule has 7 heteroatoms. The Morgan fingerprint density at radius 2 is 1.75 bits per heavy atom.